The van der Waals surface area contributed by atoms with Crippen LogP contribution in [0.1, 0.15) is 73.6 Å². The van der Waals surface area contributed by atoms with Crippen molar-refractivity contribution in [1.29, 1.82) is 0 Å². The topological polar surface area (TPSA) is 57.7 Å². The van der Waals surface area contributed by atoms with Gasteiger partial charge in [-0.2, -0.15) is 0 Å². The van der Waals surface area contributed by atoms with Gasteiger partial charge in [0.05, 0.1) is 0 Å². The standard InChI is InChI=1S/C26H30N2O3/c1-25(2)13-18-14-26(3,15-25)16-28(18)21(29)11-6-12-27-23(30)19-9-4-7-17-8-5-10-20(22(17)19)24(27)31/h4-5,7-10,18H,6,11-16H2,1-3H3/t18-,26-/m0/s1. The number of likely N-dealkylation sites (tertiary alicyclic amines) is 1. The van der Waals surface area contributed by atoms with E-state index in [0.717, 1.165) is 36.6 Å². The highest BCUT2D eigenvalue weighted by atomic mass is 16.2. The lowest BCUT2D eigenvalue weighted by Gasteiger charge is -2.39. The summed E-state index contributed by atoms with van der Waals surface area (Å²) in [6.45, 7) is 8.01. The summed E-state index contributed by atoms with van der Waals surface area (Å²) in [6, 6.07) is 11.4. The van der Waals surface area contributed by atoms with Gasteiger partial charge in [0.1, 0.15) is 0 Å². The zero-order valence-electron chi connectivity index (χ0n) is 18.6. The zero-order chi connectivity index (χ0) is 22.0. The van der Waals surface area contributed by atoms with Gasteiger partial charge in [-0.3, -0.25) is 19.3 Å². The number of hydrogen-bond donors (Lipinski definition) is 0. The first-order chi connectivity index (χ1) is 14.7. The molecule has 1 saturated heterocycles. The lowest BCUT2D eigenvalue weighted by molar-refractivity contribution is -0.132. The maximum absolute atomic E-state index is 13.0. The van der Waals surface area contributed by atoms with Gasteiger partial charge in [0.2, 0.25) is 5.91 Å². The quantitative estimate of drug-likeness (QED) is 0.680. The molecule has 2 atom stereocenters. The van der Waals surface area contributed by atoms with Crippen LogP contribution in [0.2, 0.25) is 0 Å². The molecule has 2 aromatic rings. The fourth-order valence-electron chi connectivity index (χ4n) is 6.57. The molecular formula is C26H30N2O3. The van der Waals surface area contributed by atoms with Crippen molar-refractivity contribution >= 4 is 28.5 Å². The number of hydrogen-bond acceptors (Lipinski definition) is 3. The van der Waals surface area contributed by atoms with Crippen LogP contribution in [0.3, 0.4) is 0 Å². The summed E-state index contributed by atoms with van der Waals surface area (Å²) >= 11 is 0. The third-order valence-corrected chi connectivity index (χ3v) is 7.36. The zero-order valence-corrected chi connectivity index (χ0v) is 18.6. The van der Waals surface area contributed by atoms with Crippen molar-refractivity contribution in [3.63, 3.8) is 0 Å². The Morgan fingerprint density at radius 2 is 1.65 bits per heavy atom. The van der Waals surface area contributed by atoms with Crippen molar-refractivity contribution in [2.45, 2.75) is 58.9 Å². The second kappa shape index (κ2) is 6.91. The molecule has 31 heavy (non-hydrogen) atoms. The second-order valence-corrected chi connectivity index (χ2v) is 10.8. The van der Waals surface area contributed by atoms with Gasteiger partial charge in [0, 0.05) is 42.1 Å². The van der Waals surface area contributed by atoms with Gasteiger partial charge in [-0.05, 0) is 54.0 Å². The fraction of sp³-hybridized carbons (Fsp3) is 0.500. The van der Waals surface area contributed by atoms with Crippen molar-refractivity contribution in [3.8, 4) is 0 Å². The summed E-state index contributed by atoms with van der Waals surface area (Å²) in [4.78, 5) is 42.5. The molecule has 0 unspecified atom stereocenters. The van der Waals surface area contributed by atoms with Gasteiger partial charge in [-0.25, -0.2) is 0 Å². The van der Waals surface area contributed by atoms with E-state index in [1.54, 1.807) is 12.1 Å². The monoisotopic (exact) mass is 418 g/mol. The van der Waals surface area contributed by atoms with E-state index in [-0.39, 0.29) is 35.1 Å². The Labute approximate surface area is 183 Å². The lowest BCUT2D eigenvalue weighted by Crippen LogP contribution is -2.41. The Morgan fingerprint density at radius 3 is 2.29 bits per heavy atom. The largest absolute Gasteiger partial charge is 0.339 e. The van der Waals surface area contributed by atoms with Gasteiger partial charge >= 0.3 is 0 Å². The number of amides is 3. The highest BCUT2D eigenvalue weighted by Gasteiger charge is 2.50. The van der Waals surface area contributed by atoms with E-state index in [1.807, 2.05) is 24.3 Å². The molecule has 0 spiro atoms. The predicted octanol–water partition coefficient (Wildman–Crippen LogP) is 4.64. The minimum Gasteiger partial charge on any atom is -0.339 e. The third-order valence-electron chi connectivity index (χ3n) is 7.36. The number of benzene rings is 2. The normalized spacial score (nSPS) is 26.6. The van der Waals surface area contributed by atoms with Gasteiger partial charge in [-0.1, -0.05) is 45.0 Å². The Hall–Kier alpha value is -2.69. The molecule has 2 aliphatic heterocycles. The van der Waals surface area contributed by atoms with Crippen LogP contribution in [-0.4, -0.2) is 46.7 Å². The molecule has 2 heterocycles. The van der Waals surface area contributed by atoms with E-state index in [2.05, 4.69) is 25.7 Å². The van der Waals surface area contributed by atoms with Crippen LogP contribution in [-0.2, 0) is 4.79 Å². The van der Waals surface area contributed by atoms with Crippen molar-refractivity contribution in [2.75, 3.05) is 13.1 Å². The summed E-state index contributed by atoms with van der Waals surface area (Å²) < 4.78 is 0. The lowest BCUT2D eigenvalue weighted by atomic mass is 9.65. The van der Waals surface area contributed by atoms with Crippen molar-refractivity contribution in [1.82, 2.24) is 9.80 Å². The summed E-state index contributed by atoms with van der Waals surface area (Å²) in [7, 11) is 0. The molecule has 2 bridgehead atoms. The average molecular weight is 419 g/mol. The molecule has 2 aromatic carbocycles. The molecule has 1 saturated carbocycles. The van der Waals surface area contributed by atoms with Crippen LogP contribution in [0, 0.1) is 10.8 Å². The first-order valence-electron chi connectivity index (χ1n) is 11.3. The maximum atomic E-state index is 13.0. The number of nitrogens with zero attached hydrogens (tertiary/aromatic N) is 2. The molecule has 162 valence electrons. The third kappa shape index (κ3) is 3.35. The van der Waals surface area contributed by atoms with E-state index in [4.69, 9.17) is 0 Å². The number of imide groups is 1. The van der Waals surface area contributed by atoms with E-state index in [0.29, 0.717) is 30.0 Å². The molecular weight excluding hydrogens is 388 g/mol. The molecule has 5 heteroatoms. The van der Waals surface area contributed by atoms with Crippen molar-refractivity contribution in [2.24, 2.45) is 10.8 Å². The fourth-order valence-corrected chi connectivity index (χ4v) is 6.57. The van der Waals surface area contributed by atoms with Crippen LogP contribution in [0.25, 0.3) is 10.8 Å². The first-order valence-corrected chi connectivity index (χ1v) is 11.3. The summed E-state index contributed by atoms with van der Waals surface area (Å²) in [5.41, 5.74) is 1.63. The molecule has 5 rings (SSSR count). The number of carbonyl (C=O) groups is 3. The number of carbonyl (C=O) groups excluding carboxylic acids is 3. The summed E-state index contributed by atoms with van der Waals surface area (Å²) in [5, 5.41) is 1.65. The second-order valence-electron chi connectivity index (χ2n) is 10.8. The van der Waals surface area contributed by atoms with Crippen molar-refractivity contribution < 1.29 is 14.4 Å². The average Bonchev–Trinajstić information content (AvgIpc) is 2.97. The van der Waals surface area contributed by atoms with Crippen LogP contribution >= 0.6 is 0 Å². The minimum atomic E-state index is -0.256. The van der Waals surface area contributed by atoms with Crippen LogP contribution in [0.4, 0.5) is 0 Å². The Balaban J connectivity index is 1.27. The molecule has 0 aromatic heterocycles. The molecule has 3 aliphatic rings. The Morgan fingerprint density at radius 1 is 1.00 bits per heavy atom. The first kappa shape index (κ1) is 20.2. The number of fused-ring (bicyclic) bond motifs is 2. The Bertz CT molecular complexity index is 1050. The molecule has 0 radical (unpaired) electrons. The molecule has 0 N–H and O–H groups in total. The van der Waals surface area contributed by atoms with Crippen LogP contribution in [0.15, 0.2) is 36.4 Å². The Kier molecular flexibility index (Phi) is 4.51. The van der Waals surface area contributed by atoms with Gasteiger partial charge in [0.25, 0.3) is 11.8 Å². The van der Waals surface area contributed by atoms with Gasteiger partial charge in [0.15, 0.2) is 0 Å². The maximum Gasteiger partial charge on any atom is 0.261 e. The van der Waals surface area contributed by atoms with E-state index >= 15 is 0 Å². The smallest absolute Gasteiger partial charge is 0.261 e. The van der Waals surface area contributed by atoms with E-state index < -0.39 is 0 Å². The molecule has 1 aliphatic carbocycles. The SMILES string of the molecule is CC1(C)C[C@H]2C[C@](C)(CN2C(=O)CCCN2C(=O)c3cccc4cccc(c34)C2=O)C1. The molecule has 3 amide bonds. The predicted molar refractivity (Wildman–Crippen MR) is 120 cm³/mol. The highest BCUT2D eigenvalue weighted by Crippen LogP contribution is 2.52. The highest BCUT2D eigenvalue weighted by molar-refractivity contribution is 6.25. The van der Waals surface area contributed by atoms with E-state index in [9.17, 15) is 14.4 Å². The molecule has 2 fully saturated rings. The minimum absolute atomic E-state index is 0.158. The van der Waals surface area contributed by atoms with Gasteiger partial charge < -0.3 is 4.90 Å². The van der Waals surface area contributed by atoms with E-state index in [1.165, 1.54) is 4.90 Å². The number of rotatable bonds is 4. The van der Waals surface area contributed by atoms with Crippen molar-refractivity contribution in [3.05, 3.63) is 47.5 Å². The van der Waals surface area contributed by atoms with Gasteiger partial charge in [-0.15, -0.1) is 0 Å². The van der Waals surface area contributed by atoms with Crippen LogP contribution < -0.4 is 0 Å². The summed E-state index contributed by atoms with van der Waals surface area (Å²) in [5.74, 6) is -0.355. The molecule has 5 nitrogen and oxygen atoms in total. The van der Waals surface area contributed by atoms with Crippen LogP contribution in [0.5, 0.6) is 0 Å². The summed E-state index contributed by atoms with van der Waals surface area (Å²) in [6.07, 6.45) is 4.17.